The number of thiol groups is 1. The molecule has 0 N–H and O–H groups in total. The van der Waals surface area contributed by atoms with Crippen LogP contribution in [0.25, 0.3) is 0 Å². The van der Waals surface area contributed by atoms with Crippen LogP contribution in [0.1, 0.15) is 24.8 Å². The van der Waals surface area contributed by atoms with Gasteiger partial charge in [0.25, 0.3) is 0 Å². The molecule has 0 aromatic heterocycles. The van der Waals surface area contributed by atoms with E-state index in [4.69, 9.17) is 9.47 Å². The van der Waals surface area contributed by atoms with Crippen molar-refractivity contribution in [2.75, 3.05) is 13.9 Å². The highest BCUT2D eigenvalue weighted by Gasteiger charge is 2.09. The number of methoxy groups -OCH3 is 1. The average Bonchev–Trinajstić information content (AvgIpc) is 2.26. The Labute approximate surface area is 101 Å². The van der Waals surface area contributed by atoms with Crippen LogP contribution in [-0.4, -0.2) is 19.0 Å². The summed E-state index contributed by atoms with van der Waals surface area (Å²) < 4.78 is 10.1. The molecule has 3 nitrogen and oxygen atoms in total. The van der Waals surface area contributed by atoms with Crippen molar-refractivity contribution in [1.29, 1.82) is 0 Å². The van der Waals surface area contributed by atoms with E-state index >= 15 is 0 Å². The van der Waals surface area contributed by atoms with Gasteiger partial charge in [-0.15, -0.1) is 12.6 Å². The van der Waals surface area contributed by atoms with Gasteiger partial charge in [0, 0.05) is 13.5 Å². The van der Waals surface area contributed by atoms with Crippen molar-refractivity contribution in [3.8, 4) is 5.75 Å². The standard InChI is InChI=1S/C12H16O3S/c1-9(6-12(13)16)10-4-3-5-11(7-10)15-8-14-2/h3-5,7,9H,6,8H2,1-2H3,(H,13,16). The first-order valence-electron chi connectivity index (χ1n) is 5.07. The summed E-state index contributed by atoms with van der Waals surface area (Å²) in [6.07, 6.45) is 0.427. The Morgan fingerprint density at radius 3 is 2.88 bits per heavy atom. The molecule has 0 spiro atoms. The number of hydrogen-bond acceptors (Lipinski definition) is 3. The number of hydrogen-bond donors (Lipinski definition) is 1. The molecule has 0 radical (unpaired) electrons. The van der Waals surface area contributed by atoms with Crippen molar-refractivity contribution in [2.24, 2.45) is 0 Å². The molecule has 1 unspecified atom stereocenters. The van der Waals surface area contributed by atoms with Gasteiger partial charge >= 0.3 is 0 Å². The minimum absolute atomic E-state index is 0.101. The van der Waals surface area contributed by atoms with Gasteiger partial charge in [0.1, 0.15) is 5.75 Å². The molecular weight excluding hydrogens is 224 g/mol. The Balaban J connectivity index is 2.69. The van der Waals surface area contributed by atoms with Crippen molar-refractivity contribution in [2.45, 2.75) is 19.3 Å². The molecule has 1 atom stereocenters. The fourth-order valence-corrected chi connectivity index (χ4v) is 1.69. The second kappa shape index (κ2) is 6.55. The summed E-state index contributed by atoms with van der Waals surface area (Å²) in [5.41, 5.74) is 1.07. The lowest BCUT2D eigenvalue weighted by molar-refractivity contribution is -0.111. The third-order valence-corrected chi connectivity index (χ3v) is 2.43. The van der Waals surface area contributed by atoms with Crippen molar-refractivity contribution in [1.82, 2.24) is 0 Å². The predicted octanol–water partition coefficient (Wildman–Crippen LogP) is 2.62. The van der Waals surface area contributed by atoms with Crippen LogP contribution >= 0.6 is 12.6 Å². The van der Waals surface area contributed by atoms with E-state index in [2.05, 4.69) is 12.6 Å². The lowest BCUT2D eigenvalue weighted by Gasteiger charge is -2.11. The second-order valence-corrected chi connectivity index (χ2v) is 4.12. The first-order chi connectivity index (χ1) is 7.63. The number of benzene rings is 1. The monoisotopic (exact) mass is 240 g/mol. The summed E-state index contributed by atoms with van der Waals surface area (Å²) >= 11 is 3.78. The zero-order valence-electron chi connectivity index (χ0n) is 9.47. The number of carbonyl (C=O) groups is 1. The molecule has 1 aromatic carbocycles. The fourth-order valence-electron chi connectivity index (χ4n) is 1.42. The summed E-state index contributed by atoms with van der Waals surface area (Å²) in [5.74, 6) is 0.897. The summed E-state index contributed by atoms with van der Waals surface area (Å²) in [6.45, 7) is 2.22. The Kier molecular flexibility index (Phi) is 5.35. The SMILES string of the molecule is COCOc1cccc(C(C)CC(=O)S)c1. The van der Waals surface area contributed by atoms with Crippen molar-refractivity contribution >= 4 is 17.7 Å². The largest absolute Gasteiger partial charge is 0.468 e. The first kappa shape index (κ1) is 13.1. The van der Waals surface area contributed by atoms with Crippen molar-refractivity contribution in [3.05, 3.63) is 29.8 Å². The van der Waals surface area contributed by atoms with Gasteiger partial charge in [-0.25, -0.2) is 0 Å². The van der Waals surface area contributed by atoms with Gasteiger partial charge in [-0.05, 0) is 23.6 Å². The van der Waals surface area contributed by atoms with Crippen LogP contribution in [0.3, 0.4) is 0 Å². The average molecular weight is 240 g/mol. The third-order valence-electron chi connectivity index (χ3n) is 2.25. The molecule has 88 valence electrons. The molecule has 0 bridgehead atoms. The Hall–Kier alpha value is -1.00. The maximum atomic E-state index is 10.9. The molecule has 0 saturated heterocycles. The quantitative estimate of drug-likeness (QED) is 0.613. The van der Waals surface area contributed by atoms with Gasteiger partial charge in [-0.3, -0.25) is 4.79 Å². The molecular formula is C12H16O3S. The minimum Gasteiger partial charge on any atom is -0.468 e. The lowest BCUT2D eigenvalue weighted by atomic mass is 9.98. The highest BCUT2D eigenvalue weighted by Crippen LogP contribution is 2.23. The second-order valence-electron chi connectivity index (χ2n) is 3.62. The number of rotatable bonds is 6. The molecule has 0 saturated carbocycles. The van der Waals surface area contributed by atoms with Crippen LogP contribution in [0, 0.1) is 0 Å². The predicted molar refractivity (Wildman–Crippen MR) is 66.0 cm³/mol. The van der Waals surface area contributed by atoms with Crippen LogP contribution in [0.2, 0.25) is 0 Å². The molecule has 4 heteroatoms. The van der Waals surface area contributed by atoms with Crippen LogP contribution in [0.5, 0.6) is 5.75 Å². The fraction of sp³-hybridized carbons (Fsp3) is 0.417. The van der Waals surface area contributed by atoms with Crippen LogP contribution in [0.4, 0.5) is 0 Å². The molecule has 0 aliphatic rings. The molecule has 0 aliphatic carbocycles. The summed E-state index contributed by atoms with van der Waals surface area (Å²) in [7, 11) is 1.58. The molecule has 16 heavy (non-hydrogen) atoms. The highest BCUT2D eigenvalue weighted by atomic mass is 32.1. The van der Waals surface area contributed by atoms with E-state index in [0.29, 0.717) is 6.42 Å². The van der Waals surface area contributed by atoms with Gasteiger partial charge in [0.15, 0.2) is 11.9 Å². The molecule has 0 amide bonds. The van der Waals surface area contributed by atoms with Gasteiger partial charge < -0.3 is 9.47 Å². The molecule has 0 aliphatic heterocycles. The topological polar surface area (TPSA) is 35.5 Å². The summed E-state index contributed by atoms with van der Waals surface area (Å²) in [4.78, 5) is 10.9. The summed E-state index contributed by atoms with van der Waals surface area (Å²) in [5, 5.41) is -0.101. The zero-order chi connectivity index (χ0) is 12.0. The van der Waals surface area contributed by atoms with Crippen LogP contribution < -0.4 is 4.74 Å². The minimum atomic E-state index is -0.101. The van der Waals surface area contributed by atoms with E-state index in [1.54, 1.807) is 7.11 Å². The van der Waals surface area contributed by atoms with Crippen molar-refractivity contribution in [3.63, 3.8) is 0 Å². The molecule has 1 aromatic rings. The maximum Gasteiger partial charge on any atom is 0.188 e. The van der Waals surface area contributed by atoms with E-state index in [9.17, 15) is 4.79 Å². The Morgan fingerprint density at radius 1 is 1.50 bits per heavy atom. The molecule has 1 rings (SSSR count). The van der Waals surface area contributed by atoms with E-state index in [0.717, 1.165) is 11.3 Å². The van der Waals surface area contributed by atoms with Gasteiger partial charge in [0.2, 0.25) is 0 Å². The van der Waals surface area contributed by atoms with E-state index in [1.807, 2.05) is 31.2 Å². The summed E-state index contributed by atoms with van der Waals surface area (Å²) in [6, 6.07) is 7.65. The van der Waals surface area contributed by atoms with Crippen LogP contribution in [0.15, 0.2) is 24.3 Å². The Bertz CT molecular complexity index is 352. The zero-order valence-corrected chi connectivity index (χ0v) is 10.4. The van der Waals surface area contributed by atoms with Gasteiger partial charge in [0.05, 0.1) is 0 Å². The van der Waals surface area contributed by atoms with E-state index in [1.165, 1.54) is 0 Å². The molecule has 0 heterocycles. The number of ether oxygens (including phenoxy) is 2. The van der Waals surface area contributed by atoms with Gasteiger partial charge in [-0.2, -0.15) is 0 Å². The normalized spacial score (nSPS) is 12.2. The van der Waals surface area contributed by atoms with Gasteiger partial charge in [-0.1, -0.05) is 19.1 Å². The lowest BCUT2D eigenvalue weighted by Crippen LogP contribution is -2.01. The van der Waals surface area contributed by atoms with E-state index in [-0.39, 0.29) is 17.8 Å². The number of carbonyl (C=O) groups excluding carboxylic acids is 1. The third kappa shape index (κ3) is 4.24. The van der Waals surface area contributed by atoms with Crippen molar-refractivity contribution < 1.29 is 14.3 Å². The highest BCUT2D eigenvalue weighted by molar-refractivity contribution is 7.96. The maximum absolute atomic E-state index is 10.9. The van der Waals surface area contributed by atoms with Crippen LogP contribution in [-0.2, 0) is 9.53 Å². The smallest absolute Gasteiger partial charge is 0.188 e. The molecule has 0 fully saturated rings. The van der Waals surface area contributed by atoms with E-state index < -0.39 is 0 Å². The Morgan fingerprint density at radius 2 is 2.25 bits per heavy atom. The first-order valence-corrected chi connectivity index (χ1v) is 5.51.